The summed E-state index contributed by atoms with van der Waals surface area (Å²) in [6.45, 7) is 3.47. The van der Waals surface area contributed by atoms with Crippen molar-refractivity contribution in [2.24, 2.45) is 5.92 Å². The predicted molar refractivity (Wildman–Crippen MR) is 58.4 cm³/mol. The molecular weight excluding hydrogens is 188 g/mol. The zero-order valence-electron chi connectivity index (χ0n) is 9.32. The van der Waals surface area contributed by atoms with Crippen LogP contribution in [0, 0.1) is 17.2 Å². The molecule has 84 valence electrons. The van der Waals surface area contributed by atoms with Gasteiger partial charge in [0.15, 0.2) is 0 Å². The van der Waals surface area contributed by atoms with Gasteiger partial charge in [0.05, 0.1) is 19.3 Å². The second kappa shape index (κ2) is 5.48. The summed E-state index contributed by atoms with van der Waals surface area (Å²) < 4.78 is 5.33. The van der Waals surface area contributed by atoms with Crippen LogP contribution >= 0.6 is 0 Å². The monoisotopic (exact) mass is 208 g/mol. The number of hydrogen-bond donors (Lipinski definition) is 0. The Bertz CT molecular complexity index is 206. The van der Waals surface area contributed by atoms with E-state index in [1.165, 1.54) is 32.1 Å². The largest absolute Gasteiger partial charge is 0.379 e. The Labute approximate surface area is 92.0 Å². The Balaban J connectivity index is 1.92. The second-order valence-corrected chi connectivity index (χ2v) is 4.62. The SMILES string of the molecule is N#C[C@@H](C1CCCCC1)N1CCOCC1. The summed E-state index contributed by atoms with van der Waals surface area (Å²) in [6.07, 6.45) is 6.48. The van der Waals surface area contributed by atoms with Crippen molar-refractivity contribution < 1.29 is 4.74 Å². The van der Waals surface area contributed by atoms with Gasteiger partial charge in [-0.1, -0.05) is 19.3 Å². The molecule has 1 aliphatic carbocycles. The van der Waals surface area contributed by atoms with Gasteiger partial charge < -0.3 is 4.74 Å². The van der Waals surface area contributed by atoms with Crippen LogP contribution in [-0.2, 0) is 4.74 Å². The molecule has 1 saturated carbocycles. The van der Waals surface area contributed by atoms with E-state index in [0.29, 0.717) is 5.92 Å². The summed E-state index contributed by atoms with van der Waals surface area (Å²) in [5.74, 6) is 0.613. The van der Waals surface area contributed by atoms with Gasteiger partial charge in [-0.25, -0.2) is 0 Å². The zero-order valence-corrected chi connectivity index (χ0v) is 9.32. The van der Waals surface area contributed by atoms with Gasteiger partial charge in [0, 0.05) is 13.1 Å². The molecule has 0 bridgehead atoms. The molecular formula is C12H20N2O. The van der Waals surface area contributed by atoms with Crippen molar-refractivity contribution in [3.63, 3.8) is 0 Å². The highest BCUT2D eigenvalue weighted by molar-refractivity contribution is 4.97. The molecule has 1 atom stereocenters. The van der Waals surface area contributed by atoms with Crippen LogP contribution < -0.4 is 0 Å². The fourth-order valence-corrected chi connectivity index (χ4v) is 2.79. The van der Waals surface area contributed by atoms with E-state index < -0.39 is 0 Å². The molecule has 0 unspecified atom stereocenters. The van der Waals surface area contributed by atoms with Gasteiger partial charge >= 0.3 is 0 Å². The first-order valence-electron chi connectivity index (χ1n) is 6.13. The van der Waals surface area contributed by atoms with Crippen molar-refractivity contribution in [2.45, 2.75) is 38.1 Å². The van der Waals surface area contributed by atoms with Crippen LogP contribution in [0.4, 0.5) is 0 Å². The van der Waals surface area contributed by atoms with Crippen LogP contribution in [0.2, 0.25) is 0 Å². The predicted octanol–water partition coefficient (Wildman–Crippen LogP) is 1.79. The van der Waals surface area contributed by atoms with Crippen LogP contribution in [0.25, 0.3) is 0 Å². The Morgan fingerprint density at radius 2 is 1.80 bits per heavy atom. The van der Waals surface area contributed by atoms with Gasteiger partial charge in [0.25, 0.3) is 0 Å². The topological polar surface area (TPSA) is 36.3 Å². The average Bonchev–Trinajstić information content (AvgIpc) is 2.33. The van der Waals surface area contributed by atoms with Crippen molar-refractivity contribution in [1.29, 1.82) is 5.26 Å². The van der Waals surface area contributed by atoms with Gasteiger partial charge in [-0.3, -0.25) is 4.90 Å². The van der Waals surface area contributed by atoms with E-state index >= 15 is 0 Å². The van der Waals surface area contributed by atoms with Crippen molar-refractivity contribution >= 4 is 0 Å². The summed E-state index contributed by atoms with van der Waals surface area (Å²) in [5, 5.41) is 9.30. The number of nitriles is 1. The second-order valence-electron chi connectivity index (χ2n) is 4.62. The molecule has 1 saturated heterocycles. The third kappa shape index (κ3) is 2.70. The number of ether oxygens (including phenoxy) is 1. The number of rotatable bonds is 2. The fraction of sp³-hybridized carbons (Fsp3) is 0.917. The minimum Gasteiger partial charge on any atom is -0.379 e. The molecule has 1 aliphatic heterocycles. The van der Waals surface area contributed by atoms with Crippen LogP contribution in [0.15, 0.2) is 0 Å². The molecule has 3 nitrogen and oxygen atoms in total. The highest BCUT2D eigenvalue weighted by Gasteiger charge is 2.29. The van der Waals surface area contributed by atoms with Gasteiger partial charge in [-0.2, -0.15) is 5.26 Å². The van der Waals surface area contributed by atoms with Crippen LogP contribution in [-0.4, -0.2) is 37.2 Å². The Morgan fingerprint density at radius 1 is 1.13 bits per heavy atom. The van der Waals surface area contributed by atoms with E-state index in [4.69, 9.17) is 4.74 Å². The van der Waals surface area contributed by atoms with Crippen molar-refractivity contribution in [1.82, 2.24) is 4.90 Å². The lowest BCUT2D eigenvalue weighted by atomic mass is 9.83. The quantitative estimate of drug-likeness (QED) is 0.694. The molecule has 0 aromatic carbocycles. The smallest absolute Gasteiger partial charge is 0.101 e. The average molecular weight is 208 g/mol. The fourth-order valence-electron chi connectivity index (χ4n) is 2.79. The van der Waals surface area contributed by atoms with Gasteiger partial charge in [-0.15, -0.1) is 0 Å². The van der Waals surface area contributed by atoms with Crippen molar-refractivity contribution in [2.75, 3.05) is 26.3 Å². The van der Waals surface area contributed by atoms with E-state index in [1.807, 2.05) is 0 Å². The van der Waals surface area contributed by atoms with E-state index in [9.17, 15) is 5.26 Å². The molecule has 0 radical (unpaired) electrons. The zero-order chi connectivity index (χ0) is 10.5. The van der Waals surface area contributed by atoms with Crippen LogP contribution in [0.1, 0.15) is 32.1 Å². The maximum absolute atomic E-state index is 9.30. The first-order chi connectivity index (χ1) is 7.42. The summed E-state index contributed by atoms with van der Waals surface area (Å²) in [4.78, 5) is 2.32. The molecule has 2 rings (SSSR count). The maximum atomic E-state index is 9.30. The van der Waals surface area contributed by atoms with E-state index in [2.05, 4.69) is 11.0 Å². The van der Waals surface area contributed by atoms with Crippen LogP contribution in [0.5, 0.6) is 0 Å². The molecule has 0 aromatic rings. The highest BCUT2D eigenvalue weighted by atomic mass is 16.5. The summed E-state index contributed by atoms with van der Waals surface area (Å²) in [6, 6.07) is 2.66. The normalized spacial score (nSPS) is 27.1. The first-order valence-corrected chi connectivity index (χ1v) is 6.13. The van der Waals surface area contributed by atoms with Gasteiger partial charge in [-0.05, 0) is 18.8 Å². The number of morpholine rings is 1. The lowest BCUT2D eigenvalue weighted by Crippen LogP contribution is -2.46. The van der Waals surface area contributed by atoms with E-state index in [1.54, 1.807) is 0 Å². The third-order valence-corrected chi connectivity index (χ3v) is 3.67. The standard InChI is InChI=1S/C12H20N2O/c13-10-12(11-4-2-1-3-5-11)14-6-8-15-9-7-14/h11-12H,1-9H2/t12-/m0/s1. The lowest BCUT2D eigenvalue weighted by Gasteiger charge is -2.36. The molecule has 0 N–H and O–H groups in total. The Morgan fingerprint density at radius 3 is 2.40 bits per heavy atom. The molecule has 1 heterocycles. The Hall–Kier alpha value is -0.590. The number of nitrogens with zero attached hydrogens (tertiary/aromatic N) is 2. The lowest BCUT2D eigenvalue weighted by molar-refractivity contribution is 0.0121. The molecule has 2 fully saturated rings. The maximum Gasteiger partial charge on any atom is 0.101 e. The third-order valence-electron chi connectivity index (χ3n) is 3.67. The Kier molecular flexibility index (Phi) is 3.99. The summed E-state index contributed by atoms with van der Waals surface area (Å²) >= 11 is 0. The van der Waals surface area contributed by atoms with E-state index in [0.717, 1.165) is 26.3 Å². The van der Waals surface area contributed by atoms with Gasteiger partial charge in [0.1, 0.15) is 6.04 Å². The first kappa shape index (κ1) is 10.9. The van der Waals surface area contributed by atoms with Crippen molar-refractivity contribution in [3.8, 4) is 6.07 Å². The van der Waals surface area contributed by atoms with Gasteiger partial charge in [0.2, 0.25) is 0 Å². The minimum atomic E-state index is 0.147. The molecule has 0 spiro atoms. The van der Waals surface area contributed by atoms with Crippen molar-refractivity contribution in [3.05, 3.63) is 0 Å². The minimum absolute atomic E-state index is 0.147. The molecule has 2 aliphatic rings. The van der Waals surface area contributed by atoms with Crippen LogP contribution in [0.3, 0.4) is 0 Å². The molecule has 0 aromatic heterocycles. The molecule has 3 heteroatoms. The van der Waals surface area contributed by atoms with E-state index in [-0.39, 0.29) is 6.04 Å². The highest BCUT2D eigenvalue weighted by Crippen LogP contribution is 2.29. The summed E-state index contributed by atoms with van der Waals surface area (Å²) in [5.41, 5.74) is 0. The molecule has 15 heavy (non-hydrogen) atoms. The summed E-state index contributed by atoms with van der Waals surface area (Å²) in [7, 11) is 0. The number of hydrogen-bond acceptors (Lipinski definition) is 3. The molecule has 0 amide bonds.